The molecule has 1 rings (SSSR count). The van der Waals surface area contributed by atoms with Gasteiger partial charge in [-0.05, 0) is 11.6 Å². The van der Waals surface area contributed by atoms with Crippen molar-refractivity contribution in [3.63, 3.8) is 0 Å². The molecule has 0 aliphatic carbocycles. The molecule has 0 saturated heterocycles. The second kappa shape index (κ2) is 4.18. The molecule has 2 atom stereocenters. The number of hydrogen-bond acceptors (Lipinski definition) is 3. The molecule has 0 bridgehead atoms. The summed E-state index contributed by atoms with van der Waals surface area (Å²) in [5.74, 6) is -0.144. The van der Waals surface area contributed by atoms with Gasteiger partial charge in [0.05, 0.1) is 6.10 Å². The Hall–Kier alpha value is -0.930. The first-order chi connectivity index (χ1) is 5.75. The SMILES string of the molecule is C[C@@H](CO)[C@@H](O)c1cccnc1. The smallest absolute Gasteiger partial charge is 0.0852 e. The van der Waals surface area contributed by atoms with E-state index in [0.717, 1.165) is 5.56 Å². The molecule has 3 heteroatoms. The van der Waals surface area contributed by atoms with Crippen LogP contribution in [0.5, 0.6) is 0 Å². The van der Waals surface area contributed by atoms with Crippen LogP contribution in [-0.4, -0.2) is 21.8 Å². The maximum atomic E-state index is 9.59. The Morgan fingerprint density at radius 3 is 2.83 bits per heavy atom. The van der Waals surface area contributed by atoms with Crippen LogP contribution in [0.15, 0.2) is 24.5 Å². The van der Waals surface area contributed by atoms with Gasteiger partial charge in [0.25, 0.3) is 0 Å². The van der Waals surface area contributed by atoms with Crippen LogP contribution in [0.2, 0.25) is 0 Å². The number of rotatable bonds is 3. The zero-order chi connectivity index (χ0) is 8.97. The lowest BCUT2D eigenvalue weighted by Gasteiger charge is -2.15. The van der Waals surface area contributed by atoms with Crippen LogP contribution < -0.4 is 0 Å². The Morgan fingerprint density at radius 1 is 1.58 bits per heavy atom. The fraction of sp³-hybridized carbons (Fsp3) is 0.444. The average molecular weight is 167 g/mol. The van der Waals surface area contributed by atoms with Gasteiger partial charge in [0.15, 0.2) is 0 Å². The molecule has 0 radical (unpaired) electrons. The van der Waals surface area contributed by atoms with Crippen molar-refractivity contribution in [2.24, 2.45) is 5.92 Å². The van der Waals surface area contributed by atoms with Gasteiger partial charge in [-0.1, -0.05) is 13.0 Å². The number of aliphatic hydroxyl groups excluding tert-OH is 2. The second-order valence-corrected chi connectivity index (χ2v) is 2.89. The summed E-state index contributed by atoms with van der Waals surface area (Å²) in [6, 6.07) is 3.56. The highest BCUT2D eigenvalue weighted by Gasteiger charge is 2.14. The fourth-order valence-electron chi connectivity index (χ4n) is 0.979. The van der Waals surface area contributed by atoms with Crippen molar-refractivity contribution in [3.05, 3.63) is 30.1 Å². The van der Waals surface area contributed by atoms with Gasteiger partial charge in [-0.15, -0.1) is 0 Å². The molecule has 0 amide bonds. The van der Waals surface area contributed by atoms with E-state index in [-0.39, 0.29) is 12.5 Å². The van der Waals surface area contributed by atoms with Crippen molar-refractivity contribution in [1.29, 1.82) is 0 Å². The molecule has 0 unspecified atom stereocenters. The maximum Gasteiger partial charge on any atom is 0.0852 e. The van der Waals surface area contributed by atoms with Gasteiger partial charge in [0.1, 0.15) is 0 Å². The molecule has 0 aliphatic rings. The van der Waals surface area contributed by atoms with E-state index < -0.39 is 6.10 Å². The van der Waals surface area contributed by atoms with Gasteiger partial charge < -0.3 is 10.2 Å². The van der Waals surface area contributed by atoms with Crippen molar-refractivity contribution < 1.29 is 10.2 Å². The van der Waals surface area contributed by atoms with Crippen LogP contribution in [0.1, 0.15) is 18.6 Å². The topological polar surface area (TPSA) is 53.4 Å². The zero-order valence-electron chi connectivity index (χ0n) is 7.01. The molecule has 1 aromatic rings. The van der Waals surface area contributed by atoms with Gasteiger partial charge in [-0.3, -0.25) is 4.98 Å². The largest absolute Gasteiger partial charge is 0.396 e. The summed E-state index contributed by atoms with van der Waals surface area (Å²) in [5, 5.41) is 18.4. The van der Waals surface area contributed by atoms with Crippen LogP contribution in [0, 0.1) is 5.92 Å². The highest BCUT2D eigenvalue weighted by Crippen LogP contribution is 2.19. The van der Waals surface area contributed by atoms with E-state index in [1.165, 1.54) is 0 Å². The molecule has 3 nitrogen and oxygen atoms in total. The van der Waals surface area contributed by atoms with Gasteiger partial charge >= 0.3 is 0 Å². The number of hydrogen-bond donors (Lipinski definition) is 2. The van der Waals surface area contributed by atoms with E-state index in [4.69, 9.17) is 5.11 Å². The lowest BCUT2D eigenvalue weighted by atomic mass is 10.00. The summed E-state index contributed by atoms with van der Waals surface area (Å²) in [4.78, 5) is 3.88. The molecule has 0 fully saturated rings. The summed E-state index contributed by atoms with van der Waals surface area (Å²) in [7, 11) is 0. The molecule has 66 valence electrons. The first-order valence-electron chi connectivity index (χ1n) is 3.94. The van der Waals surface area contributed by atoms with E-state index in [1.807, 2.05) is 0 Å². The standard InChI is InChI=1S/C9H13NO2/c1-7(6-11)9(12)8-3-2-4-10-5-8/h2-5,7,9,11-12H,6H2,1H3/t7-,9+/m0/s1. The first-order valence-corrected chi connectivity index (χ1v) is 3.94. The quantitative estimate of drug-likeness (QED) is 0.698. The van der Waals surface area contributed by atoms with E-state index >= 15 is 0 Å². The summed E-state index contributed by atoms with van der Waals surface area (Å²) < 4.78 is 0. The highest BCUT2D eigenvalue weighted by atomic mass is 16.3. The van der Waals surface area contributed by atoms with Crippen molar-refractivity contribution in [2.75, 3.05) is 6.61 Å². The molecule has 0 saturated carbocycles. The number of aromatic nitrogens is 1. The van der Waals surface area contributed by atoms with Gasteiger partial charge in [-0.25, -0.2) is 0 Å². The van der Waals surface area contributed by atoms with Crippen LogP contribution in [0.25, 0.3) is 0 Å². The Kier molecular flexibility index (Phi) is 3.19. The highest BCUT2D eigenvalue weighted by molar-refractivity contribution is 5.12. The van der Waals surface area contributed by atoms with E-state index in [1.54, 1.807) is 31.5 Å². The number of aliphatic hydroxyl groups is 2. The minimum atomic E-state index is -0.622. The Labute approximate surface area is 71.7 Å². The van der Waals surface area contributed by atoms with Crippen LogP contribution in [0.4, 0.5) is 0 Å². The van der Waals surface area contributed by atoms with Gasteiger partial charge in [-0.2, -0.15) is 0 Å². The van der Waals surface area contributed by atoms with Crippen molar-refractivity contribution >= 4 is 0 Å². The molecular formula is C9H13NO2. The molecule has 0 aliphatic heterocycles. The number of nitrogens with zero attached hydrogens (tertiary/aromatic N) is 1. The van der Waals surface area contributed by atoms with Crippen LogP contribution in [-0.2, 0) is 0 Å². The Bertz CT molecular complexity index is 225. The zero-order valence-corrected chi connectivity index (χ0v) is 7.01. The van der Waals surface area contributed by atoms with Gasteiger partial charge in [0.2, 0.25) is 0 Å². The van der Waals surface area contributed by atoms with Gasteiger partial charge in [0, 0.05) is 24.9 Å². The normalized spacial score (nSPS) is 15.6. The maximum absolute atomic E-state index is 9.59. The average Bonchev–Trinajstić information content (AvgIpc) is 2.17. The van der Waals surface area contributed by atoms with Crippen molar-refractivity contribution in [3.8, 4) is 0 Å². The van der Waals surface area contributed by atoms with Crippen molar-refractivity contribution in [2.45, 2.75) is 13.0 Å². The Morgan fingerprint density at radius 2 is 2.33 bits per heavy atom. The minimum Gasteiger partial charge on any atom is -0.396 e. The predicted molar refractivity (Wildman–Crippen MR) is 45.4 cm³/mol. The van der Waals surface area contributed by atoms with E-state index in [0.29, 0.717) is 0 Å². The summed E-state index contributed by atoms with van der Waals surface area (Å²) in [5.41, 5.74) is 0.749. The minimum absolute atomic E-state index is 0.0178. The second-order valence-electron chi connectivity index (χ2n) is 2.89. The Balaban J connectivity index is 2.71. The lowest BCUT2D eigenvalue weighted by Crippen LogP contribution is -2.12. The molecule has 0 aromatic carbocycles. The monoisotopic (exact) mass is 167 g/mol. The molecular weight excluding hydrogens is 154 g/mol. The van der Waals surface area contributed by atoms with Crippen LogP contribution in [0.3, 0.4) is 0 Å². The lowest BCUT2D eigenvalue weighted by molar-refractivity contribution is 0.0768. The summed E-state index contributed by atoms with van der Waals surface area (Å²) in [6.07, 6.45) is 2.64. The molecule has 12 heavy (non-hydrogen) atoms. The van der Waals surface area contributed by atoms with Crippen molar-refractivity contribution in [1.82, 2.24) is 4.98 Å². The molecule has 1 heterocycles. The first kappa shape index (κ1) is 9.16. The third kappa shape index (κ3) is 2.03. The summed E-state index contributed by atoms with van der Waals surface area (Å²) >= 11 is 0. The number of pyridine rings is 1. The fourth-order valence-corrected chi connectivity index (χ4v) is 0.979. The predicted octanol–water partition coefficient (Wildman–Crippen LogP) is 0.743. The molecule has 2 N–H and O–H groups in total. The summed E-state index contributed by atoms with van der Waals surface area (Å²) in [6.45, 7) is 1.77. The van der Waals surface area contributed by atoms with Crippen LogP contribution >= 0.6 is 0 Å². The molecule has 0 spiro atoms. The van der Waals surface area contributed by atoms with E-state index in [2.05, 4.69) is 4.98 Å². The third-order valence-corrected chi connectivity index (χ3v) is 1.85. The third-order valence-electron chi connectivity index (χ3n) is 1.85. The van der Waals surface area contributed by atoms with E-state index in [9.17, 15) is 5.11 Å². The molecule has 1 aromatic heterocycles.